The highest BCUT2D eigenvalue weighted by Crippen LogP contribution is 2.08. The molecule has 0 amide bonds. The minimum absolute atomic E-state index is 0.210. The summed E-state index contributed by atoms with van der Waals surface area (Å²) in [7, 11) is 1.73. The van der Waals surface area contributed by atoms with Gasteiger partial charge in [-0.05, 0) is 66.1 Å². The van der Waals surface area contributed by atoms with Crippen molar-refractivity contribution >= 4 is 5.96 Å². The van der Waals surface area contributed by atoms with E-state index in [4.69, 9.17) is 4.74 Å². The molecule has 0 spiro atoms. The molecule has 0 unspecified atom stereocenters. The molecule has 0 aromatic heterocycles. The molecule has 1 aliphatic heterocycles. The second-order valence-corrected chi connectivity index (χ2v) is 6.34. The number of hydrogen-bond acceptors (Lipinski definition) is 3. The third kappa shape index (κ3) is 8.27. The van der Waals surface area contributed by atoms with E-state index in [1.807, 2.05) is 0 Å². The molecule has 1 heterocycles. The Hall–Kier alpha value is -0.810. The maximum atomic E-state index is 5.40. The average Bonchev–Trinajstić information content (AvgIpc) is 2.97. The van der Waals surface area contributed by atoms with Gasteiger partial charge in [-0.3, -0.25) is 4.99 Å². The lowest BCUT2D eigenvalue weighted by atomic mass is 10.1. The number of nitrogens with one attached hydrogen (secondary N) is 2. The van der Waals surface area contributed by atoms with E-state index in [1.54, 1.807) is 7.11 Å². The Bertz CT molecular complexity index is 299. The van der Waals surface area contributed by atoms with Crippen LogP contribution in [0.15, 0.2) is 4.99 Å². The van der Waals surface area contributed by atoms with Gasteiger partial charge in [0.25, 0.3) is 0 Å². The van der Waals surface area contributed by atoms with Crippen molar-refractivity contribution in [3.05, 3.63) is 0 Å². The van der Waals surface area contributed by atoms with Crippen LogP contribution in [-0.4, -0.2) is 62.8 Å². The minimum Gasteiger partial charge on any atom is -0.377 e. The van der Waals surface area contributed by atoms with Gasteiger partial charge >= 0.3 is 0 Å². The maximum Gasteiger partial charge on any atom is 0.191 e. The SMILES string of the molecule is CCNC(=NCC(C)(C)OC)NCCCCN1CCCC1. The van der Waals surface area contributed by atoms with E-state index < -0.39 is 0 Å². The zero-order valence-electron chi connectivity index (χ0n) is 14.4. The van der Waals surface area contributed by atoms with Crippen LogP contribution in [0.3, 0.4) is 0 Å². The summed E-state index contributed by atoms with van der Waals surface area (Å²) in [5, 5.41) is 6.69. The van der Waals surface area contributed by atoms with Crippen LogP contribution in [0, 0.1) is 0 Å². The Labute approximate surface area is 130 Å². The first-order valence-electron chi connectivity index (χ1n) is 8.37. The zero-order chi connectivity index (χ0) is 15.6. The van der Waals surface area contributed by atoms with Gasteiger partial charge in [-0.15, -0.1) is 0 Å². The number of likely N-dealkylation sites (tertiary alicyclic amines) is 1. The molecule has 1 aliphatic rings. The summed E-state index contributed by atoms with van der Waals surface area (Å²) < 4.78 is 5.40. The van der Waals surface area contributed by atoms with E-state index in [9.17, 15) is 0 Å². The Morgan fingerprint density at radius 3 is 2.52 bits per heavy atom. The van der Waals surface area contributed by atoms with Crippen LogP contribution in [0.1, 0.15) is 46.5 Å². The van der Waals surface area contributed by atoms with E-state index >= 15 is 0 Å². The molecule has 5 nitrogen and oxygen atoms in total. The number of guanidine groups is 1. The van der Waals surface area contributed by atoms with E-state index in [0.29, 0.717) is 6.54 Å². The number of methoxy groups -OCH3 is 1. The molecule has 0 aromatic carbocycles. The molecule has 124 valence electrons. The molecule has 1 saturated heterocycles. The molecule has 0 aliphatic carbocycles. The molecule has 1 fully saturated rings. The van der Waals surface area contributed by atoms with Crippen LogP contribution in [0.2, 0.25) is 0 Å². The van der Waals surface area contributed by atoms with E-state index in [-0.39, 0.29) is 5.60 Å². The number of nitrogens with zero attached hydrogens (tertiary/aromatic N) is 2. The third-order valence-corrected chi connectivity index (χ3v) is 3.91. The van der Waals surface area contributed by atoms with Gasteiger partial charge in [0.1, 0.15) is 0 Å². The van der Waals surface area contributed by atoms with Crippen LogP contribution in [0.5, 0.6) is 0 Å². The highest BCUT2D eigenvalue weighted by Gasteiger charge is 2.15. The van der Waals surface area contributed by atoms with Crippen molar-refractivity contribution in [3.63, 3.8) is 0 Å². The summed E-state index contributed by atoms with van der Waals surface area (Å²) in [5.41, 5.74) is -0.210. The van der Waals surface area contributed by atoms with Gasteiger partial charge in [0, 0.05) is 20.2 Å². The lowest BCUT2D eigenvalue weighted by Gasteiger charge is -2.21. The van der Waals surface area contributed by atoms with Crippen molar-refractivity contribution in [2.24, 2.45) is 4.99 Å². The predicted octanol–water partition coefficient (Wildman–Crippen LogP) is 1.84. The van der Waals surface area contributed by atoms with Crippen molar-refractivity contribution in [1.29, 1.82) is 0 Å². The Balaban J connectivity index is 2.18. The molecule has 1 rings (SSSR count). The number of unbranched alkanes of at least 4 members (excludes halogenated alkanes) is 1. The first-order valence-corrected chi connectivity index (χ1v) is 8.37. The quantitative estimate of drug-likeness (QED) is 0.387. The predicted molar refractivity (Wildman–Crippen MR) is 90.0 cm³/mol. The molecule has 5 heteroatoms. The summed E-state index contributed by atoms with van der Waals surface area (Å²) in [4.78, 5) is 7.16. The summed E-state index contributed by atoms with van der Waals surface area (Å²) in [6, 6.07) is 0. The van der Waals surface area contributed by atoms with Crippen molar-refractivity contribution in [2.45, 2.75) is 52.1 Å². The fourth-order valence-electron chi connectivity index (χ4n) is 2.35. The van der Waals surface area contributed by atoms with Crippen LogP contribution >= 0.6 is 0 Å². The van der Waals surface area contributed by atoms with Crippen LogP contribution < -0.4 is 10.6 Å². The van der Waals surface area contributed by atoms with Crippen LogP contribution in [0.25, 0.3) is 0 Å². The van der Waals surface area contributed by atoms with E-state index in [1.165, 1.54) is 45.3 Å². The number of rotatable bonds is 9. The lowest BCUT2D eigenvalue weighted by Crippen LogP contribution is -2.39. The van der Waals surface area contributed by atoms with Crippen LogP contribution in [-0.2, 0) is 4.74 Å². The van der Waals surface area contributed by atoms with Gasteiger partial charge < -0.3 is 20.3 Å². The molecular weight excluding hydrogens is 264 g/mol. The van der Waals surface area contributed by atoms with Crippen molar-refractivity contribution < 1.29 is 4.74 Å². The highest BCUT2D eigenvalue weighted by molar-refractivity contribution is 5.79. The van der Waals surface area contributed by atoms with Gasteiger partial charge in [-0.25, -0.2) is 0 Å². The molecule has 21 heavy (non-hydrogen) atoms. The van der Waals surface area contributed by atoms with Gasteiger partial charge in [0.15, 0.2) is 5.96 Å². The van der Waals surface area contributed by atoms with E-state index in [2.05, 4.69) is 41.3 Å². The van der Waals surface area contributed by atoms with E-state index in [0.717, 1.165) is 19.0 Å². The minimum atomic E-state index is -0.210. The summed E-state index contributed by atoms with van der Waals surface area (Å²) >= 11 is 0. The molecule has 0 aromatic rings. The zero-order valence-corrected chi connectivity index (χ0v) is 14.4. The van der Waals surface area contributed by atoms with Gasteiger partial charge in [-0.1, -0.05) is 0 Å². The third-order valence-electron chi connectivity index (χ3n) is 3.91. The lowest BCUT2D eigenvalue weighted by molar-refractivity contribution is 0.0310. The number of hydrogen-bond donors (Lipinski definition) is 2. The van der Waals surface area contributed by atoms with Gasteiger partial charge in [-0.2, -0.15) is 0 Å². The molecule has 0 atom stereocenters. The van der Waals surface area contributed by atoms with Crippen LogP contribution in [0.4, 0.5) is 0 Å². The van der Waals surface area contributed by atoms with Gasteiger partial charge in [0.05, 0.1) is 12.1 Å². The second-order valence-electron chi connectivity index (χ2n) is 6.34. The number of ether oxygens (including phenoxy) is 1. The normalized spacial score (nSPS) is 17.2. The Morgan fingerprint density at radius 2 is 1.90 bits per heavy atom. The van der Waals surface area contributed by atoms with Crippen molar-refractivity contribution in [3.8, 4) is 0 Å². The van der Waals surface area contributed by atoms with Crippen molar-refractivity contribution in [2.75, 3.05) is 46.4 Å². The summed E-state index contributed by atoms with van der Waals surface area (Å²) in [6.07, 6.45) is 5.21. The molecule has 0 bridgehead atoms. The number of aliphatic imine (C=N–C) groups is 1. The van der Waals surface area contributed by atoms with Gasteiger partial charge in [0.2, 0.25) is 0 Å². The average molecular weight is 298 g/mol. The monoisotopic (exact) mass is 298 g/mol. The fourth-order valence-corrected chi connectivity index (χ4v) is 2.35. The first kappa shape index (κ1) is 18.2. The first-order chi connectivity index (χ1) is 10.1. The topological polar surface area (TPSA) is 48.9 Å². The molecular formula is C16H34N4O. The largest absolute Gasteiger partial charge is 0.377 e. The fraction of sp³-hybridized carbons (Fsp3) is 0.938. The Kier molecular flexibility index (Phi) is 8.69. The smallest absolute Gasteiger partial charge is 0.191 e. The summed E-state index contributed by atoms with van der Waals surface area (Å²) in [6.45, 7) is 12.5. The standard InChI is InChI=1S/C16H34N4O/c1-5-17-15(19-14-16(2,3)21-4)18-10-6-7-11-20-12-8-9-13-20/h5-14H2,1-4H3,(H2,17,18,19). The molecule has 2 N–H and O–H groups in total. The second kappa shape index (κ2) is 10.0. The molecule has 0 saturated carbocycles. The maximum absolute atomic E-state index is 5.40. The highest BCUT2D eigenvalue weighted by atomic mass is 16.5. The molecule has 0 radical (unpaired) electrons. The van der Waals surface area contributed by atoms with Crippen molar-refractivity contribution in [1.82, 2.24) is 15.5 Å². The summed E-state index contributed by atoms with van der Waals surface area (Å²) in [5.74, 6) is 0.892. The Morgan fingerprint density at radius 1 is 1.19 bits per heavy atom.